The van der Waals surface area contributed by atoms with Crippen molar-refractivity contribution in [3.63, 3.8) is 0 Å². The van der Waals surface area contributed by atoms with E-state index in [0.717, 1.165) is 32.5 Å². The van der Waals surface area contributed by atoms with Crippen molar-refractivity contribution < 1.29 is 9.59 Å². The molecule has 0 aromatic heterocycles. The van der Waals surface area contributed by atoms with Gasteiger partial charge in [0.2, 0.25) is 11.8 Å². The van der Waals surface area contributed by atoms with E-state index >= 15 is 0 Å². The van der Waals surface area contributed by atoms with Crippen molar-refractivity contribution in [3.05, 3.63) is 0 Å². The van der Waals surface area contributed by atoms with Crippen LogP contribution in [0.4, 0.5) is 0 Å². The average Bonchev–Trinajstić information content (AvgIpc) is 2.44. The number of carbonyl (C=O) groups excluding carboxylic acids is 2. The van der Waals surface area contributed by atoms with Crippen LogP contribution in [-0.2, 0) is 9.59 Å². The normalized spacial score (nSPS) is 17.9. The number of nitrogens with one attached hydrogen (secondary N) is 1. The number of carbonyl (C=O) groups is 2. The summed E-state index contributed by atoms with van der Waals surface area (Å²) in [5.41, 5.74) is 5.95. The quantitative estimate of drug-likeness (QED) is 0.695. The van der Waals surface area contributed by atoms with E-state index in [-0.39, 0.29) is 11.8 Å². The van der Waals surface area contributed by atoms with Gasteiger partial charge in [0.25, 0.3) is 0 Å². The van der Waals surface area contributed by atoms with Gasteiger partial charge in [0, 0.05) is 32.7 Å². The summed E-state index contributed by atoms with van der Waals surface area (Å²) >= 11 is 0. The van der Waals surface area contributed by atoms with Crippen molar-refractivity contribution in [1.82, 2.24) is 15.1 Å². The van der Waals surface area contributed by atoms with Gasteiger partial charge in [0.05, 0.1) is 12.6 Å². The molecule has 6 nitrogen and oxygen atoms in total. The van der Waals surface area contributed by atoms with Crippen molar-refractivity contribution in [1.29, 1.82) is 0 Å². The molecule has 21 heavy (non-hydrogen) atoms. The number of amides is 2. The Kier molecular flexibility index (Phi) is 7.67. The minimum atomic E-state index is -0.399. The minimum Gasteiger partial charge on any atom is -0.355 e. The smallest absolute Gasteiger partial charge is 0.239 e. The third-order valence-electron chi connectivity index (χ3n) is 3.67. The molecule has 1 aliphatic heterocycles. The van der Waals surface area contributed by atoms with Crippen molar-refractivity contribution in [2.75, 3.05) is 39.3 Å². The maximum Gasteiger partial charge on any atom is 0.239 e. The molecule has 1 saturated heterocycles. The van der Waals surface area contributed by atoms with E-state index in [2.05, 4.69) is 24.1 Å². The topological polar surface area (TPSA) is 78.7 Å². The van der Waals surface area contributed by atoms with Crippen LogP contribution in [0.25, 0.3) is 0 Å². The monoisotopic (exact) mass is 298 g/mol. The molecule has 0 saturated carbocycles. The van der Waals surface area contributed by atoms with Crippen molar-refractivity contribution in [3.8, 4) is 0 Å². The van der Waals surface area contributed by atoms with E-state index in [4.69, 9.17) is 5.73 Å². The van der Waals surface area contributed by atoms with E-state index in [0.29, 0.717) is 25.6 Å². The molecule has 1 fully saturated rings. The SMILES string of the molecule is CCCNC(=O)CN1CCN(C(=O)[C@@H](N)CC(C)C)CC1. The maximum absolute atomic E-state index is 12.2. The molecule has 2 amide bonds. The van der Waals surface area contributed by atoms with Crippen molar-refractivity contribution >= 4 is 11.8 Å². The zero-order chi connectivity index (χ0) is 15.8. The van der Waals surface area contributed by atoms with Gasteiger partial charge in [-0.05, 0) is 18.8 Å². The summed E-state index contributed by atoms with van der Waals surface area (Å²) in [7, 11) is 0. The molecule has 1 heterocycles. The molecule has 0 unspecified atom stereocenters. The Morgan fingerprint density at radius 2 is 1.81 bits per heavy atom. The van der Waals surface area contributed by atoms with E-state index in [1.807, 2.05) is 11.8 Å². The lowest BCUT2D eigenvalue weighted by Gasteiger charge is -2.35. The lowest BCUT2D eigenvalue weighted by molar-refractivity contribution is -0.135. The van der Waals surface area contributed by atoms with Gasteiger partial charge < -0.3 is 16.0 Å². The van der Waals surface area contributed by atoms with Crippen molar-refractivity contribution in [2.24, 2.45) is 11.7 Å². The Labute approximate surface area is 128 Å². The molecular formula is C15H30N4O2. The second kappa shape index (κ2) is 9.00. The number of nitrogens with two attached hydrogens (primary N) is 1. The number of rotatable bonds is 7. The van der Waals surface area contributed by atoms with E-state index in [1.165, 1.54) is 0 Å². The number of hydrogen-bond acceptors (Lipinski definition) is 4. The first-order valence-electron chi connectivity index (χ1n) is 7.97. The lowest BCUT2D eigenvalue weighted by atomic mass is 10.0. The van der Waals surface area contributed by atoms with Crippen LogP contribution in [-0.4, -0.2) is 66.9 Å². The zero-order valence-electron chi connectivity index (χ0n) is 13.6. The number of piperazine rings is 1. The fourth-order valence-corrected chi connectivity index (χ4v) is 2.49. The summed E-state index contributed by atoms with van der Waals surface area (Å²) < 4.78 is 0. The van der Waals surface area contributed by atoms with E-state index in [9.17, 15) is 9.59 Å². The third-order valence-corrected chi connectivity index (χ3v) is 3.67. The van der Waals surface area contributed by atoms with Crippen LogP contribution in [0.1, 0.15) is 33.6 Å². The highest BCUT2D eigenvalue weighted by Crippen LogP contribution is 2.08. The Morgan fingerprint density at radius 1 is 1.19 bits per heavy atom. The van der Waals surface area contributed by atoms with Gasteiger partial charge in [-0.1, -0.05) is 20.8 Å². The van der Waals surface area contributed by atoms with Crippen LogP contribution < -0.4 is 11.1 Å². The minimum absolute atomic E-state index is 0.0405. The Hall–Kier alpha value is -1.14. The summed E-state index contributed by atoms with van der Waals surface area (Å²) in [6.07, 6.45) is 1.67. The second-order valence-corrected chi connectivity index (χ2v) is 6.19. The first-order valence-corrected chi connectivity index (χ1v) is 7.97. The van der Waals surface area contributed by atoms with Crippen LogP contribution in [0, 0.1) is 5.92 Å². The Balaban J connectivity index is 2.31. The van der Waals surface area contributed by atoms with Gasteiger partial charge in [0.15, 0.2) is 0 Å². The molecule has 0 spiro atoms. The first-order chi connectivity index (χ1) is 9.93. The molecule has 122 valence electrons. The molecule has 1 rings (SSSR count). The van der Waals surface area contributed by atoms with Gasteiger partial charge >= 0.3 is 0 Å². The lowest BCUT2D eigenvalue weighted by Crippen LogP contribution is -2.54. The van der Waals surface area contributed by atoms with Crippen LogP contribution in [0.5, 0.6) is 0 Å². The molecule has 3 N–H and O–H groups in total. The molecule has 1 atom stereocenters. The number of nitrogens with zero attached hydrogens (tertiary/aromatic N) is 2. The van der Waals surface area contributed by atoms with Crippen LogP contribution in [0.15, 0.2) is 0 Å². The zero-order valence-corrected chi connectivity index (χ0v) is 13.6. The van der Waals surface area contributed by atoms with Crippen LogP contribution in [0.3, 0.4) is 0 Å². The molecule has 1 aliphatic rings. The predicted molar refractivity (Wildman–Crippen MR) is 83.8 cm³/mol. The Bertz CT molecular complexity index is 339. The van der Waals surface area contributed by atoms with Gasteiger partial charge in [-0.25, -0.2) is 0 Å². The Morgan fingerprint density at radius 3 is 2.33 bits per heavy atom. The van der Waals surface area contributed by atoms with Gasteiger partial charge in [0.1, 0.15) is 0 Å². The van der Waals surface area contributed by atoms with Gasteiger partial charge in [-0.3, -0.25) is 14.5 Å². The summed E-state index contributed by atoms with van der Waals surface area (Å²) in [6, 6.07) is -0.399. The third kappa shape index (κ3) is 6.44. The van der Waals surface area contributed by atoms with Crippen LogP contribution >= 0.6 is 0 Å². The van der Waals surface area contributed by atoms with Crippen molar-refractivity contribution in [2.45, 2.75) is 39.7 Å². The maximum atomic E-state index is 12.2. The fourth-order valence-electron chi connectivity index (χ4n) is 2.49. The van der Waals surface area contributed by atoms with E-state index in [1.54, 1.807) is 0 Å². The molecule has 0 bridgehead atoms. The average molecular weight is 298 g/mol. The number of hydrogen-bond donors (Lipinski definition) is 2. The molecular weight excluding hydrogens is 268 g/mol. The van der Waals surface area contributed by atoms with Gasteiger partial charge in [-0.2, -0.15) is 0 Å². The highest BCUT2D eigenvalue weighted by Gasteiger charge is 2.26. The van der Waals surface area contributed by atoms with Crippen LogP contribution in [0.2, 0.25) is 0 Å². The molecule has 0 aliphatic carbocycles. The molecule has 0 radical (unpaired) electrons. The summed E-state index contributed by atoms with van der Waals surface area (Å²) in [6.45, 7) is 10.1. The summed E-state index contributed by atoms with van der Waals surface area (Å²) in [5.74, 6) is 0.527. The highest BCUT2D eigenvalue weighted by molar-refractivity contribution is 5.82. The second-order valence-electron chi connectivity index (χ2n) is 6.19. The fraction of sp³-hybridized carbons (Fsp3) is 0.867. The standard InChI is InChI=1S/C15H30N4O2/c1-4-5-17-14(20)11-18-6-8-19(9-7-18)15(21)13(16)10-12(2)3/h12-13H,4-11,16H2,1-3H3,(H,17,20)/t13-/m0/s1. The highest BCUT2D eigenvalue weighted by atomic mass is 16.2. The summed E-state index contributed by atoms with van der Waals surface area (Å²) in [5, 5.41) is 2.87. The molecule has 0 aromatic rings. The summed E-state index contributed by atoms with van der Waals surface area (Å²) in [4.78, 5) is 27.8. The predicted octanol–water partition coefficient (Wildman–Crippen LogP) is 0.0302. The van der Waals surface area contributed by atoms with E-state index < -0.39 is 6.04 Å². The molecule has 6 heteroatoms. The molecule has 0 aromatic carbocycles. The first kappa shape index (κ1) is 17.9. The largest absolute Gasteiger partial charge is 0.355 e. The van der Waals surface area contributed by atoms with Gasteiger partial charge in [-0.15, -0.1) is 0 Å².